The van der Waals surface area contributed by atoms with Gasteiger partial charge in [-0.1, -0.05) is 12.1 Å². The van der Waals surface area contributed by atoms with E-state index in [0.29, 0.717) is 0 Å². The maximum absolute atomic E-state index is 2.42. The van der Waals surface area contributed by atoms with E-state index in [4.69, 9.17) is 0 Å². The fraction of sp³-hybridized carbons (Fsp3) is 0.571. The minimum absolute atomic E-state index is 0.953. The molecule has 0 saturated carbocycles. The van der Waals surface area contributed by atoms with Crippen molar-refractivity contribution in [2.75, 3.05) is 0 Å². The van der Waals surface area contributed by atoms with E-state index in [-0.39, 0.29) is 0 Å². The summed E-state index contributed by atoms with van der Waals surface area (Å²) in [5.41, 5.74) is 7.02. The smallest absolute Gasteiger partial charge is 0.0153 e. The minimum atomic E-state index is 0.953. The molecule has 0 fully saturated rings. The molecule has 0 N–H and O–H groups in total. The van der Waals surface area contributed by atoms with Crippen molar-refractivity contribution in [3.63, 3.8) is 0 Å². The van der Waals surface area contributed by atoms with Crippen molar-refractivity contribution < 1.29 is 0 Å². The zero-order valence-electron chi connectivity index (χ0n) is 8.55. The van der Waals surface area contributed by atoms with E-state index in [1.165, 1.54) is 38.5 Å². The van der Waals surface area contributed by atoms with Crippen molar-refractivity contribution in [2.24, 2.45) is 0 Å². The monoisotopic (exact) mass is 184 g/mol. The predicted molar refractivity (Wildman–Crippen MR) is 57.8 cm³/mol. The summed E-state index contributed by atoms with van der Waals surface area (Å²) < 4.78 is 0. The van der Waals surface area contributed by atoms with Gasteiger partial charge in [-0.05, 0) is 72.6 Å². The molecule has 0 amide bonds. The van der Waals surface area contributed by atoms with Crippen LogP contribution < -0.4 is 0 Å². The summed E-state index contributed by atoms with van der Waals surface area (Å²) in [6, 6.07) is 4.84. The second kappa shape index (κ2) is 2.42. The number of hydrogen-bond donors (Lipinski definition) is 0. The standard InChI is InChI=1S/C14H16/c1-2-10-7-8-12-4-3-11-6-5-9(1)13(10)14(11)12/h5-6,10,12H,1-4,7-8H2. The van der Waals surface area contributed by atoms with Crippen LogP contribution in [0, 0.1) is 0 Å². The SMILES string of the molecule is c1cc2c3c4c1CCC4CCC3CC2. The van der Waals surface area contributed by atoms with Gasteiger partial charge in [-0.2, -0.15) is 0 Å². The quantitative estimate of drug-likeness (QED) is 0.578. The molecule has 4 rings (SSSR count). The molecule has 0 aromatic heterocycles. The summed E-state index contributed by atoms with van der Waals surface area (Å²) in [6.07, 6.45) is 8.57. The molecule has 1 aromatic rings. The molecule has 0 heterocycles. The molecule has 2 atom stereocenters. The Labute approximate surface area is 85.3 Å². The Kier molecular flexibility index (Phi) is 1.30. The lowest BCUT2D eigenvalue weighted by Gasteiger charge is -2.26. The molecule has 0 radical (unpaired) electrons. The Morgan fingerprint density at radius 3 is 1.71 bits per heavy atom. The average molecular weight is 184 g/mol. The highest BCUT2D eigenvalue weighted by atomic mass is 14.4. The third-order valence-corrected chi connectivity index (χ3v) is 4.67. The van der Waals surface area contributed by atoms with Crippen LogP contribution in [0.4, 0.5) is 0 Å². The van der Waals surface area contributed by atoms with Crippen LogP contribution in [-0.4, -0.2) is 0 Å². The lowest BCUT2D eigenvalue weighted by molar-refractivity contribution is 0.487. The van der Waals surface area contributed by atoms with E-state index in [1.54, 1.807) is 11.1 Å². The number of rotatable bonds is 0. The summed E-state index contributed by atoms with van der Waals surface area (Å²) in [5.74, 6) is 1.91. The summed E-state index contributed by atoms with van der Waals surface area (Å²) in [6.45, 7) is 0. The molecular weight excluding hydrogens is 168 g/mol. The van der Waals surface area contributed by atoms with Gasteiger partial charge in [0.1, 0.15) is 0 Å². The first kappa shape index (κ1) is 7.50. The van der Waals surface area contributed by atoms with Gasteiger partial charge in [0.2, 0.25) is 0 Å². The first-order chi connectivity index (χ1) is 6.93. The van der Waals surface area contributed by atoms with Crippen LogP contribution in [0.1, 0.15) is 59.8 Å². The average Bonchev–Trinajstić information content (AvgIpc) is 2.77. The van der Waals surface area contributed by atoms with Gasteiger partial charge in [0.25, 0.3) is 0 Å². The molecular formula is C14H16. The summed E-state index contributed by atoms with van der Waals surface area (Å²) in [5, 5.41) is 0. The van der Waals surface area contributed by atoms with Crippen LogP contribution in [0.2, 0.25) is 0 Å². The summed E-state index contributed by atoms with van der Waals surface area (Å²) >= 11 is 0. The van der Waals surface area contributed by atoms with Gasteiger partial charge < -0.3 is 0 Å². The number of benzene rings is 1. The molecule has 0 aliphatic heterocycles. The van der Waals surface area contributed by atoms with Gasteiger partial charge in [-0.3, -0.25) is 0 Å². The zero-order valence-corrected chi connectivity index (χ0v) is 8.55. The van der Waals surface area contributed by atoms with Crippen molar-refractivity contribution in [1.82, 2.24) is 0 Å². The third-order valence-electron chi connectivity index (χ3n) is 4.67. The normalized spacial score (nSPS) is 32.0. The van der Waals surface area contributed by atoms with Crippen LogP contribution in [0.15, 0.2) is 12.1 Å². The van der Waals surface area contributed by atoms with Crippen LogP contribution in [0.5, 0.6) is 0 Å². The molecule has 14 heavy (non-hydrogen) atoms. The van der Waals surface area contributed by atoms with E-state index in [2.05, 4.69) is 12.1 Å². The largest absolute Gasteiger partial charge is 0.0585 e. The van der Waals surface area contributed by atoms with Gasteiger partial charge in [0.05, 0.1) is 0 Å². The Morgan fingerprint density at radius 2 is 1.21 bits per heavy atom. The molecule has 3 aliphatic rings. The Balaban J connectivity index is 2.06. The van der Waals surface area contributed by atoms with Crippen LogP contribution in [-0.2, 0) is 12.8 Å². The molecule has 0 nitrogen and oxygen atoms in total. The highest BCUT2D eigenvalue weighted by molar-refractivity contribution is 5.51. The van der Waals surface area contributed by atoms with E-state index in [1.807, 2.05) is 11.1 Å². The third kappa shape index (κ3) is 0.762. The van der Waals surface area contributed by atoms with Crippen LogP contribution >= 0.6 is 0 Å². The van der Waals surface area contributed by atoms with Crippen molar-refractivity contribution >= 4 is 0 Å². The molecule has 1 aromatic carbocycles. The zero-order chi connectivity index (χ0) is 9.12. The van der Waals surface area contributed by atoms with E-state index < -0.39 is 0 Å². The van der Waals surface area contributed by atoms with Crippen molar-refractivity contribution in [3.05, 3.63) is 34.4 Å². The molecule has 3 aliphatic carbocycles. The van der Waals surface area contributed by atoms with Crippen molar-refractivity contribution in [2.45, 2.75) is 50.4 Å². The van der Waals surface area contributed by atoms with E-state index in [9.17, 15) is 0 Å². The molecule has 0 heteroatoms. The molecule has 72 valence electrons. The molecule has 0 bridgehead atoms. The first-order valence-electron chi connectivity index (χ1n) is 6.08. The van der Waals surface area contributed by atoms with Gasteiger partial charge >= 0.3 is 0 Å². The topological polar surface area (TPSA) is 0 Å². The van der Waals surface area contributed by atoms with Crippen molar-refractivity contribution in [1.29, 1.82) is 0 Å². The molecule has 0 spiro atoms. The number of hydrogen-bond acceptors (Lipinski definition) is 0. The van der Waals surface area contributed by atoms with Crippen LogP contribution in [0.25, 0.3) is 0 Å². The van der Waals surface area contributed by atoms with Crippen molar-refractivity contribution in [3.8, 4) is 0 Å². The molecule has 2 unspecified atom stereocenters. The van der Waals surface area contributed by atoms with Gasteiger partial charge in [0, 0.05) is 0 Å². The van der Waals surface area contributed by atoms with Gasteiger partial charge in [-0.25, -0.2) is 0 Å². The second-order valence-electron chi connectivity index (χ2n) is 5.26. The Bertz CT molecular complexity index is 364. The van der Waals surface area contributed by atoms with E-state index >= 15 is 0 Å². The van der Waals surface area contributed by atoms with E-state index in [0.717, 1.165) is 11.8 Å². The van der Waals surface area contributed by atoms with Gasteiger partial charge in [0.15, 0.2) is 0 Å². The lowest BCUT2D eigenvalue weighted by atomic mass is 9.78. The maximum Gasteiger partial charge on any atom is -0.0153 e. The Hall–Kier alpha value is -0.780. The fourth-order valence-electron chi connectivity index (χ4n) is 4.05. The minimum Gasteiger partial charge on any atom is -0.0585 e. The first-order valence-corrected chi connectivity index (χ1v) is 6.08. The highest BCUT2D eigenvalue weighted by Crippen LogP contribution is 2.52. The Morgan fingerprint density at radius 1 is 0.714 bits per heavy atom. The highest BCUT2D eigenvalue weighted by Gasteiger charge is 2.36. The van der Waals surface area contributed by atoms with Gasteiger partial charge in [-0.15, -0.1) is 0 Å². The summed E-state index contributed by atoms with van der Waals surface area (Å²) in [4.78, 5) is 0. The van der Waals surface area contributed by atoms with Crippen LogP contribution in [0.3, 0.4) is 0 Å². The maximum atomic E-state index is 2.42. The fourth-order valence-corrected chi connectivity index (χ4v) is 4.05. The number of aryl methyl sites for hydroxylation is 2. The molecule has 0 saturated heterocycles. The summed E-state index contributed by atoms with van der Waals surface area (Å²) in [7, 11) is 0. The predicted octanol–water partition coefficient (Wildman–Crippen LogP) is 3.54. The lowest BCUT2D eigenvalue weighted by Crippen LogP contribution is -2.09. The second-order valence-corrected chi connectivity index (χ2v) is 5.26.